The van der Waals surface area contributed by atoms with Crippen molar-refractivity contribution in [1.82, 2.24) is 9.97 Å². The van der Waals surface area contributed by atoms with E-state index in [1.54, 1.807) is 0 Å². The molecule has 2 aromatic rings. The zero-order valence-corrected chi connectivity index (χ0v) is 9.10. The molecule has 0 aliphatic heterocycles. The quantitative estimate of drug-likeness (QED) is 0.703. The summed E-state index contributed by atoms with van der Waals surface area (Å²) in [7, 11) is 0. The Kier molecular flexibility index (Phi) is 3.34. The van der Waals surface area contributed by atoms with Crippen LogP contribution in [0.3, 0.4) is 0 Å². The number of nitrogens with one attached hydrogen (secondary N) is 1. The highest BCUT2D eigenvalue weighted by Crippen LogP contribution is 2.13. The number of nitrogens with zero attached hydrogens (tertiary/aromatic N) is 1. The number of hydrogen-bond acceptors (Lipinski definition) is 3. The lowest BCUT2D eigenvalue weighted by atomic mass is 10.1. The molecule has 0 unspecified atom stereocenters. The van der Waals surface area contributed by atoms with Crippen molar-refractivity contribution in [3.05, 3.63) is 52.6 Å². The molecule has 0 bridgehead atoms. The molecule has 0 saturated heterocycles. The van der Waals surface area contributed by atoms with Crippen LogP contribution in [0.4, 0.5) is 0 Å². The molecule has 0 aliphatic rings. The monoisotopic (exact) mass is 225 g/mol. The van der Waals surface area contributed by atoms with E-state index in [4.69, 9.17) is 5.73 Å². The fourth-order valence-corrected chi connectivity index (χ4v) is 1.41. The molecule has 4 nitrogen and oxygen atoms in total. The minimum atomic E-state index is -0.222. The van der Waals surface area contributed by atoms with E-state index in [1.807, 2.05) is 30.3 Å². The molecule has 84 valence electrons. The first-order valence-corrected chi connectivity index (χ1v) is 5.15. The molecule has 0 saturated carbocycles. The first-order chi connectivity index (χ1) is 8.29. The third-order valence-electron chi connectivity index (χ3n) is 2.12. The molecule has 0 spiro atoms. The van der Waals surface area contributed by atoms with Gasteiger partial charge in [-0.25, -0.2) is 4.98 Å². The van der Waals surface area contributed by atoms with E-state index in [9.17, 15) is 4.79 Å². The molecule has 0 radical (unpaired) electrons. The smallest absolute Gasteiger partial charge is 0.252 e. The molecule has 1 heterocycles. The highest BCUT2D eigenvalue weighted by atomic mass is 16.1. The SMILES string of the molecule is NCC#Cc1nc(-c2ccccc2)cc(=O)[nH]1. The molecule has 3 N–H and O–H groups in total. The molecular formula is C13H11N3O. The number of aromatic amines is 1. The van der Waals surface area contributed by atoms with E-state index >= 15 is 0 Å². The molecule has 1 aromatic carbocycles. The van der Waals surface area contributed by atoms with E-state index in [0.29, 0.717) is 11.5 Å². The summed E-state index contributed by atoms with van der Waals surface area (Å²) in [6, 6.07) is 10.9. The van der Waals surface area contributed by atoms with Gasteiger partial charge in [0.15, 0.2) is 5.82 Å². The van der Waals surface area contributed by atoms with Crippen molar-refractivity contribution in [3.63, 3.8) is 0 Å². The van der Waals surface area contributed by atoms with Gasteiger partial charge in [0.05, 0.1) is 12.2 Å². The molecule has 0 atom stereocenters. The van der Waals surface area contributed by atoms with Gasteiger partial charge in [-0.15, -0.1) is 0 Å². The van der Waals surface area contributed by atoms with E-state index in [1.165, 1.54) is 6.07 Å². The zero-order valence-electron chi connectivity index (χ0n) is 9.10. The molecule has 4 heteroatoms. The third-order valence-corrected chi connectivity index (χ3v) is 2.12. The average Bonchev–Trinajstić information content (AvgIpc) is 2.37. The maximum atomic E-state index is 11.5. The fourth-order valence-electron chi connectivity index (χ4n) is 1.41. The van der Waals surface area contributed by atoms with Gasteiger partial charge in [-0.1, -0.05) is 36.3 Å². The first-order valence-electron chi connectivity index (χ1n) is 5.15. The van der Waals surface area contributed by atoms with Gasteiger partial charge in [0.2, 0.25) is 0 Å². The summed E-state index contributed by atoms with van der Waals surface area (Å²) in [6.07, 6.45) is 0. The topological polar surface area (TPSA) is 71.8 Å². The summed E-state index contributed by atoms with van der Waals surface area (Å²) in [6.45, 7) is 0.235. The standard InChI is InChI=1S/C13H11N3O/c14-8-4-7-12-15-11(9-13(17)16-12)10-5-2-1-3-6-10/h1-3,5-6,9H,8,14H2,(H,15,16,17). The van der Waals surface area contributed by atoms with Crippen LogP contribution in [0.1, 0.15) is 5.82 Å². The van der Waals surface area contributed by atoms with Gasteiger partial charge in [-0.05, 0) is 5.92 Å². The van der Waals surface area contributed by atoms with Crippen molar-refractivity contribution in [3.8, 4) is 23.1 Å². The number of nitrogens with two attached hydrogens (primary N) is 1. The molecule has 0 amide bonds. The molecule has 2 rings (SSSR count). The number of rotatable bonds is 1. The van der Waals surface area contributed by atoms with Gasteiger partial charge in [0, 0.05) is 11.6 Å². The van der Waals surface area contributed by atoms with Crippen molar-refractivity contribution in [2.45, 2.75) is 0 Å². The lowest BCUT2D eigenvalue weighted by molar-refractivity contribution is 1.09. The third kappa shape index (κ3) is 2.80. The highest BCUT2D eigenvalue weighted by molar-refractivity contribution is 5.58. The maximum Gasteiger partial charge on any atom is 0.252 e. The summed E-state index contributed by atoms with van der Waals surface area (Å²) < 4.78 is 0. The molecule has 17 heavy (non-hydrogen) atoms. The highest BCUT2D eigenvalue weighted by Gasteiger charge is 2.01. The maximum absolute atomic E-state index is 11.5. The first kappa shape index (κ1) is 11.1. The van der Waals surface area contributed by atoms with Gasteiger partial charge in [-0.3, -0.25) is 9.78 Å². The van der Waals surface area contributed by atoms with Crippen LogP contribution >= 0.6 is 0 Å². The minimum Gasteiger partial charge on any atom is -0.320 e. The Hall–Kier alpha value is -2.38. The predicted octanol–water partition coefficient (Wildman–Crippen LogP) is 0.747. The van der Waals surface area contributed by atoms with Crippen LogP contribution in [-0.2, 0) is 0 Å². The Bertz CT molecular complexity index is 620. The fraction of sp³-hybridized carbons (Fsp3) is 0.0769. The van der Waals surface area contributed by atoms with Gasteiger partial charge in [0.25, 0.3) is 5.56 Å². The minimum absolute atomic E-state index is 0.222. The summed E-state index contributed by atoms with van der Waals surface area (Å²) in [4.78, 5) is 18.3. The second-order valence-corrected chi connectivity index (χ2v) is 3.35. The zero-order chi connectivity index (χ0) is 12.1. The van der Waals surface area contributed by atoms with E-state index in [-0.39, 0.29) is 12.1 Å². The van der Waals surface area contributed by atoms with Crippen LogP contribution in [-0.4, -0.2) is 16.5 Å². The molecule has 0 fully saturated rings. The van der Waals surface area contributed by atoms with E-state index in [0.717, 1.165) is 5.56 Å². The summed E-state index contributed by atoms with van der Waals surface area (Å²) >= 11 is 0. The van der Waals surface area contributed by atoms with Crippen LogP contribution in [0.2, 0.25) is 0 Å². The van der Waals surface area contributed by atoms with Crippen molar-refractivity contribution < 1.29 is 0 Å². The van der Waals surface area contributed by atoms with Crippen LogP contribution in [0.15, 0.2) is 41.2 Å². The normalized spacial score (nSPS) is 9.47. The second kappa shape index (κ2) is 5.10. The summed E-state index contributed by atoms with van der Waals surface area (Å²) in [5.74, 6) is 5.70. The van der Waals surface area contributed by atoms with Gasteiger partial charge < -0.3 is 5.73 Å². The average molecular weight is 225 g/mol. The van der Waals surface area contributed by atoms with E-state index < -0.39 is 0 Å². The predicted molar refractivity (Wildman–Crippen MR) is 66.2 cm³/mol. The van der Waals surface area contributed by atoms with Gasteiger partial charge in [-0.2, -0.15) is 0 Å². The summed E-state index contributed by atoms with van der Waals surface area (Å²) in [5.41, 5.74) is 6.54. The molecular weight excluding hydrogens is 214 g/mol. The second-order valence-electron chi connectivity index (χ2n) is 3.35. The van der Waals surface area contributed by atoms with Crippen molar-refractivity contribution in [2.24, 2.45) is 5.73 Å². The molecule has 1 aromatic heterocycles. The van der Waals surface area contributed by atoms with Crippen molar-refractivity contribution in [2.75, 3.05) is 6.54 Å². The van der Waals surface area contributed by atoms with Crippen LogP contribution in [0.25, 0.3) is 11.3 Å². The summed E-state index contributed by atoms with van der Waals surface area (Å²) in [5, 5.41) is 0. The Morgan fingerprint density at radius 3 is 2.76 bits per heavy atom. The Labute approximate surface area is 98.5 Å². The lowest BCUT2D eigenvalue weighted by Gasteiger charge is -1.99. The van der Waals surface area contributed by atoms with Crippen LogP contribution in [0.5, 0.6) is 0 Å². The van der Waals surface area contributed by atoms with Crippen LogP contribution < -0.4 is 11.3 Å². The van der Waals surface area contributed by atoms with Crippen molar-refractivity contribution in [1.29, 1.82) is 0 Å². The Balaban J connectivity index is 2.49. The number of aromatic nitrogens is 2. The van der Waals surface area contributed by atoms with Crippen molar-refractivity contribution >= 4 is 0 Å². The van der Waals surface area contributed by atoms with Crippen LogP contribution in [0, 0.1) is 11.8 Å². The number of H-pyrrole nitrogens is 1. The number of benzene rings is 1. The molecule has 0 aliphatic carbocycles. The Morgan fingerprint density at radius 1 is 1.29 bits per heavy atom. The largest absolute Gasteiger partial charge is 0.320 e. The van der Waals surface area contributed by atoms with Gasteiger partial charge >= 0.3 is 0 Å². The Morgan fingerprint density at radius 2 is 2.06 bits per heavy atom. The van der Waals surface area contributed by atoms with Gasteiger partial charge in [0.1, 0.15) is 0 Å². The number of hydrogen-bond donors (Lipinski definition) is 2. The van der Waals surface area contributed by atoms with E-state index in [2.05, 4.69) is 21.8 Å². The lowest BCUT2D eigenvalue weighted by Crippen LogP contribution is -2.09.